The van der Waals surface area contributed by atoms with Gasteiger partial charge in [0.15, 0.2) is 0 Å². The fraction of sp³-hybridized carbons (Fsp3) is 0.500. The van der Waals surface area contributed by atoms with Gasteiger partial charge in [0, 0.05) is 6.54 Å². The molecule has 4 nitrogen and oxygen atoms in total. The summed E-state index contributed by atoms with van der Waals surface area (Å²) in [5.41, 5.74) is 8.63. The smallest absolute Gasteiger partial charge is 0.312 e. The Hall–Kier alpha value is -1.71. The Morgan fingerprint density at radius 2 is 2.11 bits per heavy atom. The molecule has 0 spiro atoms. The van der Waals surface area contributed by atoms with Crippen molar-refractivity contribution in [1.82, 2.24) is 5.32 Å². The third-order valence-corrected chi connectivity index (χ3v) is 3.00. The largest absolute Gasteiger partial charge is 0.496 e. The second-order valence-corrected chi connectivity index (χ2v) is 4.72. The van der Waals surface area contributed by atoms with Crippen molar-refractivity contribution in [1.29, 1.82) is 0 Å². The first-order chi connectivity index (χ1) is 8.45. The molecule has 0 aliphatic rings. The van der Waals surface area contributed by atoms with Crippen LogP contribution in [0.25, 0.3) is 0 Å². The molecule has 1 aromatic rings. The maximum absolute atomic E-state index is 10.6. The van der Waals surface area contributed by atoms with E-state index < -0.39 is 6.03 Å². The van der Waals surface area contributed by atoms with E-state index in [0.717, 1.165) is 12.2 Å². The lowest BCUT2D eigenvalue weighted by Gasteiger charge is -2.16. The molecule has 2 amide bonds. The Morgan fingerprint density at radius 3 is 2.61 bits per heavy atom. The van der Waals surface area contributed by atoms with Gasteiger partial charge in [0.2, 0.25) is 0 Å². The van der Waals surface area contributed by atoms with Gasteiger partial charge in [-0.2, -0.15) is 0 Å². The van der Waals surface area contributed by atoms with Crippen LogP contribution in [-0.2, 0) is 6.42 Å². The molecule has 0 heterocycles. The number of nitrogens with one attached hydrogen (secondary N) is 1. The van der Waals surface area contributed by atoms with Gasteiger partial charge in [-0.15, -0.1) is 0 Å². The topological polar surface area (TPSA) is 64.3 Å². The average Bonchev–Trinajstić information content (AvgIpc) is 2.29. The number of benzene rings is 1. The Labute approximate surface area is 109 Å². The molecule has 0 unspecified atom stereocenters. The third kappa shape index (κ3) is 3.65. The molecule has 18 heavy (non-hydrogen) atoms. The Kier molecular flexibility index (Phi) is 5.01. The number of rotatable bonds is 5. The summed E-state index contributed by atoms with van der Waals surface area (Å²) in [7, 11) is 1.69. The maximum atomic E-state index is 10.6. The molecule has 1 rings (SSSR count). The quantitative estimate of drug-likeness (QED) is 0.842. The molecule has 1 aromatic carbocycles. The second kappa shape index (κ2) is 6.28. The fourth-order valence-electron chi connectivity index (χ4n) is 1.96. The van der Waals surface area contributed by atoms with Crippen molar-refractivity contribution in [3.63, 3.8) is 0 Å². The predicted octanol–water partition coefficient (Wildman–Crippen LogP) is 2.34. The minimum absolute atomic E-state index is 0.406. The maximum Gasteiger partial charge on any atom is 0.312 e. The number of primary amides is 1. The predicted molar refractivity (Wildman–Crippen MR) is 73.1 cm³/mol. The Bertz CT molecular complexity index is 428. The van der Waals surface area contributed by atoms with E-state index in [2.05, 4.69) is 31.3 Å². The van der Waals surface area contributed by atoms with E-state index in [0.29, 0.717) is 12.5 Å². The number of ether oxygens (including phenoxy) is 1. The van der Waals surface area contributed by atoms with Crippen LogP contribution in [0.3, 0.4) is 0 Å². The van der Waals surface area contributed by atoms with Gasteiger partial charge < -0.3 is 15.8 Å². The molecule has 0 aliphatic heterocycles. The Morgan fingerprint density at radius 1 is 1.44 bits per heavy atom. The van der Waals surface area contributed by atoms with E-state index in [-0.39, 0.29) is 0 Å². The van der Waals surface area contributed by atoms with E-state index in [1.54, 1.807) is 7.11 Å². The summed E-state index contributed by atoms with van der Waals surface area (Å²) in [5, 5.41) is 2.61. The number of urea groups is 1. The van der Waals surface area contributed by atoms with Crippen molar-refractivity contribution in [2.24, 2.45) is 5.73 Å². The number of carbonyl (C=O) groups is 1. The van der Waals surface area contributed by atoms with Crippen molar-refractivity contribution in [2.45, 2.75) is 33.1 Å². The van der Waals surface area contributed by atoms with Crippen molar-refractivity contribution < 1.29 is 9.53 Å². The summed E-state index contributed by atoms with van der Waals surface area (Å²) in [6.45, 7) is 6.88. The van der Waals surface area contributed by atoms with E-state index >= 15 is 0 Å². The van der Waals surface area contributed by atoms with Crippen LogP contribution in [0.1, 0.15) is 36.5 Å². The molecule has 100 valence electrons. The van der Waals surface area contributed by atoms with Crippen LogP contribution in [0.4, 0.5) is 4.79 Å². The van der Waals surface area contributed by atoms with Gasteiger partial charge in [0.05, 0.1) is 7.11 Å². The van der Waals surface area contributed by atoms with Crippen molar-refractivity contribution in [2.75, 3.05) is 13.7 Å². The molecule has 0 saturated heterocycles. The lowest BCUT2D eigenvalue weighted by molar-refractivity contribution is 0.249. The van der Waals surface area contributed by atoms with Crippen molar-refractivity contribution in [3.05, 3.63) is 28.8 Å². The fourth-order valence-corrected chi connectivity index (χ4v) is 1.96. The first-order valence-corrected chi connectivity index (χ1v) is 6.16. The van der Waals surface area contributed by atoms with Crippen LogP contribution in [-0.4, -0.2) is 19.7 Å². The number of methoxy groups -OCH3 is 1. The zero-order valence-electron chi connectivity index (χ0n) is 11.5. The van der Waals surface area contributed by atoms with Crippen LogP contribution >= 0.6 is 0 Å². The Balaban J connectivity index is 2.91. The summed E-state index contributed by atoms with van der Waals surface area (Å²) in [6.07, 6.45) is 0.776. The first-order valence-electron chi connectivity index (χ1n) is 6.16. The zero-order valence-corrected chi connectivity index (χ0v) is 11.5. The van der Waals surface area contributed by atoms with Crippen LogP contribution in [0.2, 0.25) is 0 Å². The molecular weight excluding hydrogens is 228 g/mol. The van der Waals surface area contributed by atoms with E-state index in [9.17, 15) is 4.79 Å². The molecule has 0 saturated carbocycles. The average molecular weight is 250 g/mol. The first kappa shape index (κ1) is 14.4. The number of nitrogens with two attached hydrogens (primary N) is 1. The summed E-state index contributed by atoms with van der Waals surface area (Å²) in [5.74, 6) is 1.33. The van der Waals surface area contributed by atoms with E-state index in [1.807, 2.05) is 6.92 Å². The number of aryl methyl sites for hydroxylation is 1. The number of amides is 2. The van der Waals surface area contributed by atoms with Gasteiger partial charge in [-0.25, -0.2) is 4.79 Å². The molecule has 4 heteroatoms. The summed E-state index contributed by atoms with van der Waals surface area (Å²) >= 11 is 0. The molecule has 0 aromatic heterocycles. The van der Waals surface area contributed by atoms with Crippen LogP contribution in [0.15, 0.2) is 12.1 Å². The highest BCUT2D eigenvalue weighted by atomic mass is 16.5. The van der Waals surface area contributed by atoms with Crippen LogP contribution < -0.4 is 15.8 Å². The highest BCUT2D eigenvalue weighted by molar-refractivity contribution is 5.71. The lowest BCUT2D eigenvalue weighted by Crippen LogP contribution is -2.31. The highest BCUT2D eigenvalue weighted by Gasteiger charge is 2.11. The lowest BCUT2D eigenvalue weighted by atomic mass is 9.95. The molecule has 0 radical (unpaired) electrons. The number of hydrogen-bond acceptors (Lipinski definition) is 2. The van der Waals surface area contributed by atoms with Gasteiger partial charge in [0.1, 0.15) is 5.75 Å². The van der Waals surface area contributed by atoms with Gasteiger partial charge >= 0.3 is 6.03 Å². The van der Waals surface area contributed by atoms with E-state index in [4.69, 9.17) is 10.5 Å². The summed E-state index contributed by atoms with van der Waals surface area (Å²) in [4.78, 5) is 10.6. The molecule has 3 N–H and O–H groups in total. The van der Waals surface area contributed by atoms with Crippen LogP contribution in [0, 0.1) is 6.92 Å². The standard InChI is InChI=1S/C14H22N2O2/c1-9(2)12-8-11(5-6-16-14(15)17)10(3)7-13(12)18-4/h7-9H,5-6H2,1-4H3,(H3,15,16,17). The molecule has 0 fully saturated rings. The number of carbonyl (C=O) groups excluding carboxylic acids is 1. The summed E-state index contributed by atoms with van der Waals surface area (Å²) in [6, 6.07) is 3.72. The summed E-state index contributed by atoms with van der Waals surface area (Å²) < 4.78 is 5.40. The van der Waals surface area contributed by atoms with Gasteiger partial charge in [-0.05, 0) is 42.0 Å². The minimum atomic E-state index is -0.481. The highest BCUT2D eigenvalue weighted by Crippen LogP contribution is 2.29. The SMILES string of the molecule is COc1cc(C)c(CCNC(N)=O)cc1C(C)C. The minimum Gasteiger partial charge on any atom is -0.496 e. The normalized spacial score (nSPS) is 10.5. The second-order valence-electron chi connectivity index (χ2n) is 4.72. The third-order valence-electron chi connectivity index (χ3n) is 3.00. The van der Waals surface area contributed by atoms with Gasteiger partial charge in [-0.1, -0.05) is 19.9 Å². The van der Waals surface area contributed by atoms with Crippen molar-refractivity contribution in [3.8, 4) is 5.75 Å². The molecule has 0 atom stereocenters. The van der Waals surface area contributed by atoms with Gasteiger partial charge in [-0.3, -0.25) is 0 Å². The van der Waals surface area contributed by atoms with Gasteiger partial charge in [0.25, 0.3) is 0 Å². The number of hydrogen-bond donors (Lipinski definition) is 2. The zero-order chi connectivity index (χ0) is 13.7. The molecular formula is C14H22N2O2. The van der Waals surface area contributed by atoms with E-state index in [1.165, 1.54) is 16.7 Å². The van der Waals surface area contributed by atoms with Crippen LogP contribution in [0.5, 0.6) is 5.75 Å². The monoisotopic (exact) mass is 250 g/mol. The molecule has 0 aliphatic carbocycles. The molecule has 0 bridgehead atoms. The van der Waals surface area contributed by atoms with Crippen molar-refractivity contribution >= 4 is 6.03 Å².